The number of nitrogens with zero attached hydrogens (tertiary/aromatic N) is 1. The van der Waals surface area contributed by atoms with Crippen LogP contribution in [0.1, 0.15) is 36.6 Å². The van der Waals surface area contributed by atoms with E-state index in [1.807, 2.05) is 0 Å². The summed E-state index contributed by atoms with van der Waals surface area (Å²) in [6.07, 6.45) is 3.11. The lowest BCUT2D eigenvalue weighted by Gasteiger charge is -2.21. The van der Waals surface area contributed by atoms with Gasteiger partial charge >= 0.3 is 0 Å². The van der Waals surface area contributed by atoms with Crippen LogP contribution in [0.5, 0.6) is 5.75 Å². The van der Waals surface area contributed by atoms with Crippen molar-refractivity contribution in [2.24, 2.45) is 5.92 Å². The van der Waals surface area contributed by atoms with Crippen LogP contribution < -0.4 is 10.1 Å². The largest absolute Gasteiger partial charge is 0.490 e. The lowest BCUT2D eigenvalue weighted by molar-refractivity contribution is -0.129. The van der Waals surface area contributed by atoms with Crippen molar-refractivity contribution in [2.45, 2.75) is 31.8 Å². The molecule has 142 valence electrons. The minimum absolute atomic E-state index is 0.0674. The first-order valence-electron chi connectivity index (χ1n) is 9.13. The monoisotopic (exact) mass is 372 g/mol. The lowest BCUT2D eigenvalue weighted by atomic mass is 10.00. The number of furan rings is 1. The molecule has 1 aromatic carbocycles. The number of carbonyl (C=O) groups excluding carboxylic acids is 2. The summed E-state index contributed by atoms with van der Waals surface area (Å²) in [5.74, 6) is -0.200. The summed E-state index contributed by atoms with van der Waals surface area (Å²) < 4.78 is 24.8. The number of hydrogen-bond acceptors (Lipinski definition) is 4. The number of amides is 2. The van der Waals surface area contributed by atoms with Crippen molar-refractivity contribution in [3.05, 3.63) is 53.7 Å². The molecule has 1 N–H and O–H groups in total. The number of nitrogens with one attached hydrogen (secondary N) is 1. The maximum atomic E-state index is 14.0. The standard InChI is InChI=1S/C20H21FN2O4/c21-16-6-1-5-15-17(7-3-9-27-19(15)16)22-20(25)13-10-18(24)23(11-13)12-14-4-2-8-26-14/h1-2,4-6,8,13,17H,3,7,9-12H2,(H,22,25). The molecule has 2 atom stereocenters. The summed E-state index contributed by atoms with van der Waals surface area (Å²) in [5.41, 5.74) is 0.651. The van der Waals surface area contributed by atoms with Crippen LogP contribution in [-0.4, -0.2) is 29.9 Å². The van der Waals surface area contributed by atoms with Crippen LogP contribution in [0.25, 0.3) is 0 Å². The Kier molecular flexibility index (Phi) is 4.83. The first-order valence-corrected chi connectivity index (χ1v) is 9.13. The van der Waals surface area contributed by atoms with E-state index in [1.165, 1.54) is 6.07 Å². The van der Waals surface area contributed by atoms with Crippen LogP contribution in [0.15, 0.2) is 41.0 Å². The minimum Gasteiger partial charge on any atom is -0.490 e. The second-order valence-electron chi connectivity index (χ2n) is 6.96. The third-order valence-electron chi connectivity index (χ3n) is 5.08. The summed E-state index contributed by atoms with van der Waals surface area (Å²) in [7, 11) is 0. The number of carbonyl (C=O) groups is 2. The first-order chi connectivity index (χ1) is 13.1. The van der Waals surface area contributed by atoms with Crippen molar-refractivity contribution in [1.29, 1.82) is 0 Å². The number of ether oxygens (including phenoxy) is 1. The molecule has 1 fully saturated rings. The molecule has 0 radical (unpaired) electrons. The van der Waals surface area contributed by atoms with Crippen LogP contribution in [0.4, 0.5) is 4.39 Å². The maximum Gasteiger partial charge on any atom is 0.225 e. The zero-order valence-corrected chi connectivity index (χ0v) is 14.8. The van der Waals surface area contributed by atoms with E-state index in [0.717, 1.165) is 0 Å². The van der Waals surface area contributed by atoms with Crippen molar-refractivity contribution < 1.29 is 23.1 Å². The lowest BCUT2D eigenvalue weighted by Crippen LogP contribution is -2.35. The minimum atomic E-state index is -0.423. The molecule has 0 aliphatic carbocycles. The van der Waals surface area contributed by atoms with Gasteiger partial charge in [-0.1, -0.05) is 12.1 Å². The molecular weight excluding hydrogens is 351 g/mol. The second kappa shape index (κ2) is 7.42. The highest BCUT2D eigenvalue weighted by Crippen LogP contribution is 2.34. The number of hydrogen-bond donors (Lipinski definition) is 1. The topological polar surface area (TPSA) is 71.8 Å². The molecule has 0 bridgehead atoms. The molecule has 4 rings (SSSR count). The van der Waals surface area contributed by atoms with E-state index in [-0.39, 0.29) is 30.0 Å². The highest BCUT2D eigenvalue weighted by Gasteiger charge is 2.36. The highest BCUT2D eigenvalue weighted by molar-refractivity contribution is 5.89. The Labute approximate surface area is 156 Å². The fraction of sp³-hybridized carbons (Fsp3) is 0.400. The number of benzene rings is 1. The number of likely N-dealkylation sites (tertiary alicyclic amines) is 1. The average molecular weight is 372 g/mol. The summed E-state index contributed by atoms with van der Waals surface area (Å²) >= 11 is 0. The molecule has 2 amide bonds. The number of para-hydroxylation sites is 1. The van der Waals surface area contributed by atoms with Gasteiger partial charge in [-0.2, -0.15) is 0 Å². The van der Waals surface area contributed by atoms with Gasteiger partial charge in [0.05, 0.1) is 31.4 Å². The molecule has 3 heterocycles. The Morgan fingerprint density at radius 1 is 1.30 bits per heavy atom. The summed E-state index contributed by atoms with van der Waals surface area (Å²) in [5, 5.41) is 3.00. The molecule has 0 saturated carbocycles. The van der Waals surface area contributed by atoms with Gasteiger partial charge in [-0.3, -0.25) is 9.59 Å². The average Bonchev–Trinajstić information content (AvgIpc) is 3.24. The number of halogens is 1. The van der Waals surface area contributed by atoms with Gasteiger partial charge in [-0.15, -0.1) is 0 Å². The normalized spacial score (nSPS) is 22.1. The van der Waals surface area contributed by atoms with E-state index in [9.17, 15) is 14.0 Å². The van der Waals surface area contributed by atoms with E-state index in [2.05, 4.69) is 5.32 Å². The molecule has 2 aromatic rings. The molecule has 1 aromatic heterocycles. The van der Waals surface area contributed by atoms with Gasteiger partial charge in [0.2, 0.25) is 11.8 Å². The Balaban J connectivity index is 1.44. The van der Waals surface area contributed by atoms with Gasteiger partial charge in [0.25, 0.3) is 0 Å². The Morgan fingerprint density at radius 3 is 3.00 bits per heavy atom. The summed E-state index contributed by atoms with van der Waals surface area (Å²) in [4.78, 5) is 26.6. The molecule has 6 nitrogen and oxygen atoms in total. The number of rotatable bonds is 4. The molecule has 2 unspecified atom stereocenters. The van der Waals surface area contributed by atoms with Gasteiger partial charge < -0.3 is 19.4 Å². The van der Waals surface area contributed by atoms with Gasteiger partial charge in [-0.25, -0.2) is 4.39 Å². The highest BCUT2D eigenvalue weighted by atomic mass is 19.1. The van der Waals surface area contributed by atoms with Crippen molar-refractivity contribution in [1.82, 2.24) is 10.2 Å². The zero-order chi connectivity index (χ0) is 18.8. The molecule has 27 heavy (non-hydrogen) atoms. The van der Waals surface area contributed by atoms with E-state index < -0.39 is 11.7 Å². The van der Waals surface area contributed by atoms with Crippen molar-refractivity contribution in [2.75, 3.05) is 13.2 Å². The van der Waals surface area contributed by atoms with Gasteiger partial charge in [0, 0.05) is 18.5 Å². The van der Waals surface area contributed by atoms with Crippen molar-refractivity contribution >= 4 is 11.8 Å². The van der Waals surface area contributed by atoms with Gasteiger partial charge in [0.1, 0.15) is 5.76 Å². The predicted octanol–water partition coefficient (Wildman–Crippen LogP) is 2.80. The van der Waals surface area contributed by atoms with E-state index in [0.29, 0.717) is 43.9 Å². The summed E-state index contributed by atoms with van der Waals surface area (Å²) in [6, 6.07) is 8.00. The third-order valence-corrected chi connectivity index (χ3v) is 5.08. The van der Waals surface area contributed by atoms with Gasteiger partial charge in [-0.05, 0) is 31.0 Å². The Bertz CT molecular complexity index is 837. The first kappa shape index (κ1) is 17.6. The fourth-order valence-corrected chi connectivity index (χ4v) is 3.70. The number of fused-ring (bicyclic) bond motifs is 1. The molecule has 0 spiro atoms. The fourth-order valence-electron chi connectivity index (χ4n) is 3.70. The third kappa shape index (κ3) is 3.67. The maximum absolute atomic E-state index is 14.0. The Hall–Kier alpha value is -2.83. The predicted molar refractivity (Wildman–Crippen MR) is 94.2 cm³/mol. The van der Waals surface area contributed by atoms with Crippen LogP contribution in [0, 0.1) is 11.7 Å². The van der Waals surface area contributed by atoms with Crippen molar-refractivity contribution in [3.63, 3.8) is 0 Å². The van der Waals surface area contributed by atoms with E-state index >= 15 is 0 Å². The quantitative estimate of drug-likeness (QED) is 0.896. The van der Waals surface area contributed by atoms with E-state index in [1.54, 1.807) is 35.4 Å². The van der Waals surface area contributed by atoms with Crippen LogP contribution >= 0.6 is 0 Å². The molecule has 2 aliphatic heterocycles. The molecule has 7 heteroatoms. The molecule has 2 aliphatic rings. The zero-order valence-electron chi connectivity index (χ0n) is 14.8. The smallest absolute Gasteiger partial charge is 0.225 e. The van der Waals surface area contributed by atoms with Gasteiger partial charge in [0.15, 0.2) is 11.6 Å². The van der Waals surface area contributed by atoms with Crippen LogP contribution in [0.3, 0.4) is 0 Å². The van der Waals surface area contributed by atoms with Crippen LogP contribution in [-0.2, 0) is 16.1 Å². The Morgan fingerprint density at radius 2 is 2.19 bits per heavy atom. The van der Waals surface area contributed by atoms with Crippen LogP contribution in [0.2, 0.25) is 0 Å². The SMILES string of the molecule is O=C(NC1CCCOc2c(F)cccc21)C1CC(=O)N(Cc2ccco2)C1. The van der Waals surface area contributed by atoms with E-state index in [4.69, 9.17) is 9.15 Å². The molecule has 1 saturated heterocycles. The second-order valence-corrected chi connectivity index (χ2v) is 6.96. The summed E-state index contributed by atoms with van der Waals surface area (Å²) in [6.45, 7) is 1.13. The van der Waals surface area contributed by atoms with Crippen molar-refractivity contribution in [3.8, 4) is 5.75 Å². The molecular formula is C20H21FN2O4.